The fourth-order valence-electron chi connectivity index (χ4n) is 4.67. The molecule has 2 heterocycles. The van der Waals surface area contributed by atoms with E-state index >= 15 is 0 Å². The molecule has 0 radical (unpaired) electrons. The molecule has 0 aliphatic carbocycles. The lowest BCUT2D eigenvalue weighted by Gasteiger charge is -2.28. The molecule has 8 nitrogen and oxygen atoms in total. The number of nitrogens with zero attached hydrogens (tertiary/aromatic N) is 3. The molecule has 0 amide bonds. The monoisotopic (exact) mass is 523 g/mol. The number of pyridine rings is 1. The number of carbonyl (C=O) groups excluding carboxylic acids is 1. The van der Waals surface area contributed by atoms with Crippen molar-refractivity contribution in [1.29, 1.82) is 0 Å². The van der Waals surface area contributed by atoms with Gasteiger partial charge < -0.3 is 20.2 Å². The zero-order chi connectivity index (χ0) is 27.9. The number of hydrogen-bond donors (Lipinski definition) is 2. The third-order valence-corrected chi connectivity index (χ3v) is 6.91. The lowest BCUT2D eigenvalue weighted by atomic mass is 9.82. The van der Waals surface area contributed by atoms with Crippen LogP contribution in [0.1, 0.15) is 75.8 Å². The van der Waals surface area contributed by atoms with Gasteiger partial charge in [-0.3, -0.25) is 14.7 Å². The van der Waals surface area contributed by atoms with Crippen LogP contribution in [0.3, 0.4) is 0 Å². The van der Waals surface area contributed by atoms with Crippen molar-refractivity contribution in [3.05, 3.63) is 70.8 Å². The van der Waals surface area contributed by atoms with E-state index in [4.69, 9.17) is 21.1 Å². The first-order valence-electron chi connectivity index (χ1n) is 13.6. The summed E-state index contributed by atoms with van der Waals surface area (Å²) in [5.74, 6) is 6.19. The molecule has 0 bridgehead atoms. The average molecular weight is 524 g/mol. The Hall–Kier alpha value is -3.10. The molecule has 3 rings (SSSR count). The number of hydrazine groups is 1. The van der Waals surface area contributed by atoms with Gasteiger partial charge in [0.2, 0.25) is 0 Å². The zero-order valence-corrected chi connectivity index (χ0v) is 23.9. The molecule has 1 aliphatic rings. The summed E-state index contributed by atoms with van der Waals surface area (Å²) < 4.78 is 11.7. The van der Waals surface area contributed by atoms with E-state index in [1.165, 1.54) is 11.1 Å². The summed E-state index contributed by atoms with van der Waals surface area (Å²) in [5.41, 5.74) is 10.9. The maximum Gasteiger partial charge on any atom is 0.309 e. The Kier molecular flexibility index (Phi) is 10.2. The smallest absolute Gasteiger partial charge is 0.309 e. The van der Waals surface area contributed by atoms with Crippen LogP contribution in [0.15, 0.2) is 48.4 Å². The van der Waals surface area contributed by atoms with Crippen LogP contribution in [0.5, 0.6) is 5.75 Å². The molecular weight excluding hydrogens is 478 g/mol. The molecule has 1 aromatic heterocycles. The van der Waals surface area contributed by atoms with Crippen molar-refractivity contribution in [2.75, 3.05) is 19.7 Å². The standard InChI is InChI=1S/C30H45N5O3/c1-7-35(32)19-25(31)12-13-26(22(3)29(36)38-30(4,5)6)23-11-10-21(2)24(17-23)18-34-15-16-37-28-9-8-14-33-27(28)20-34/h8-11,14,17,19,22,26H,7,12-13,15-16,18,20,31-32H2,1-6H3/b25-19-. The van der Waals surface area contributed by atoms with Gasteiger partial charge in [0.05, 0.1) is 11.6 Å². The number of ether oxygens (including phenoxy) is 2. The summed E-state index contributed by atoms with van der Waals surface area (Å²) in [6, 6.07) is 10.4. The maximum absolute atomic E-state index is 13.1. The highest BCUT2D eigenvalue weighted by molar-refractivity contribution is 5.73. The van der Waals surface area contributed by atoms with E-state index in [1.54, 1.807) is 11.2 Å². The largest absolute Gasteiger partial charge is 0.490 e. The van der Waals surface area contributed by atoms with Crippen molar-refractivity contribution in [1.82, 2.24) is 14.9 Å². The van der Waals surface area contributed by atoms with Gasteiger partial charge in [-0.15, -0.1) is 0 Å². The molecule has 2 aromatic rings. The second-order valence-electron chi connectivity index (χ2n) is 11.2. The van der Waals surface area contributed by atoms with Crippen molar-refractivity contribution >= 4 is 5.97 Å². The van der Waals surface area contributed by atoms with Crippen LogP contribution in [0, 0.1) is 12.8 Å². The van der Waals surface area contributed by atoms with E-state index in [0.717, 1.165) is 36.6 Å². The Morgan fingerprint density at radius 3 is 2.79 bits per heavy atom. The quantitative estimate of drug-likeness (QED) is 0.264. The van der Waals surface area contributed by atoms with Crippen LogP contribution in [0.2, 0.25) is 0 Å². The molecule has 38 heavy (non-hydrogen) atoms. The molecule has 0 saturated carbocycles. The Labute approximate surface area is 228 Å². The van der Waals surface area contributed by atoms with Gasteiger partial charge in [0.25, 0.3) is 0 Å². The number of carbonyl (C=O) groups is 1. The van der Waals surface area contributed by atoms with E-state index in [1.807, 2.05) is 52.9 Å². The van der Waals surface area contributed by atoms with Gasteiger partial charge in [0.1, 0.15) is 18.0 Å². The third-order valence-electron chi connectivity index (χ3n) is 6.91. The fourth-order valence-corrected chi connectivity index (χ4v) is 4.67. The van der Waals surface area contributed by atoms with Crippen LogP contribution in [0.25, 0.3) is 0 Å². The Morgan fingerprint density at radius 1 is 1.32 bits per heavy atom. The van der Waals surface area contributed by atoms with Crippen LogP contribution in [-0.2, 0) is 22.6 Å². The summed E-state index contributed by atoms with van der Waals surface area (Å²) in [4.78, 5) is 20.0. The third kappa shape index (κ3) is 8.46. The normalized spacial score (nSPS) is 16.1. The first-order valence-corrected chi connectivity index (χ1v) is 13.6. The highest BCUT2D eigenvalue weighted by Crippen LogP contribution is 2.34. The topological polar surface area (TPSA) is 107 Å². The molecule has 2 atom stereocenters. The number of allylic oxidation sites excluding steroid dienone is 1. The van der Waals surface area contributed by atoms with E-state index < -0.39 is 5.60 Å². The van der Waals surface area contributed by atoms with Crippen LogP contribution < -0.4 is 16.3 Å². The number of nitrogens with two attached hydrogens (primary N) is 2. The number of aryl methyl sites for hydroxylation is 1. The van der Waals surface area contributed by atoms with E-state index in [2.05, 4.69) is 35.0 Å². The second-order valence-corrected chi connectivity index (χ2v) is 11.2. The summed E-state index contributed by atoms with van der Waals surface area (Å²) in [5, 5.41) is 1.57. The minimum atomic E-state index is -0.548. The summed E-state index contributed by atoms with van der Waals surface area (Å²) >= 11 is 0. The van der Waals surface area contributed by atoms with Gasteiger partial charge in [-0.1, -0.05) is 25.1 Å². The Morgan fingerprint density at radius 2 is 2.08 bits per heavy atom. The number of aromatic nitrogens is 1. The van der Waals surface area contributed by atoms with Crippen LogP contribution in [-0.4, -0.2) is 46.2 Å². The highest BCUT2D eigenvalue weighted by Gasteiger charge is 2.30. The van der Waals surface area contributed by atoms with Gasteiger partial charge >= 0.3 is 5.97 Å². The average Bonchev–Trinajstić information content (AvgIpc) is 3.06. The Bertz CT molecular complexity index is 1110. The molecule has 8 heteroatoms. The van der Waals surface area contributed by atoms with Gasteiger partial charge in [0, 0.05) is 44.3 Å². The molecule has 0 fully saturated rings. The molecule has 0 spiro atoms. The molecule has 1 aliphatic heterocycles. The minimum Gasteiger partial charge on any atom is -0.490 e. The summed E-state index contributed by atoms with van der Waals surface area (Å²) in [6.07, 6.45) is 4.91. The number of fused-ring (bicyclic) bond motifs is 1. The predicted octanol–water partition coefficient (Wildman–Crippen LogP) is 4.62. The summed E-state index contributed by atoms with van der Waals surface area (Å²) in [7, 11) is 0. The number of benzene rings is 1. The van der Waals surface area contributed by atoms with Crippen molar-refractivity contribution in [2.45, 2.75) is 79.0 Å². The number of hydrogen-bond acceptors (Lipinski definition) is 8. The summed E-state index contributed by atoms with van der Waals surface area (Å²) in [6.45, 7) is 15.4. The molecule has 0 saturated heterocycles. The molecule has 2 unspecified atom stereocenters. The van der Waals surface area contributed by atoms with Gasteiger partial charge in [0.15, 0.2) is 0 Å². The Balaban J connectivity index is 1.85. The van der Waals surface area contributed by atoms with Crippen molar-refractivity contribution < 1.29 is 14.3 Å². The second kappa shape index (κ2) is 13.1. The van der Waals surface area contributed by atoms with E-state index in [-0.39, 0.29) is 17.8 Å². The van der Waals surface area contributed by atoms with Crippen molar-refractivity contribution in [2.24, 2.45) is 17.5 Å². The van der Waals surface area contributed by atoms with Crippen molar-refractivity contribution in [3.8, 4) is 5.75 Å². The SMILES string of the molecule is CCN(N)/C=C(\N)CCC(c1ccc(C)c(CN2CCOc3cccnc3C2)c1)C(C)C(=O)OC(C)(C)C. The van der Waals surface area contributed by atoms with E-state index in [0.29, 0.717) is 31.7 Å². The molecule has 1 aromatic carbocycles. The van der Waals surface area contributed by atoms with Crippen LogP contribution in [0.4, 0.5) is 0 Å². The van der Waals surface area contributed by atoms with Crippen molar-refractivity contribution in [3.63, 3.8) is 0 Å². The fraction of sp³-hybridized carbons (Fsp3) is 0.533. The van der Waals surface area contributed by atoms with E-state index in [9.17, 15) is 4.79 Å². The van der Waals surface area contributed by atoms with Gasteiger partial charge in [-0.25, -0.2) is 5.84 Å². The molecule has 208 valence electrons. The lowest BCUT2D eigenvalue weighted by Crippen LogP contribution is -2.31. The lowest BCUT2D eigenvalue weighted by molar-refractivity contribution is -0.160. The highest BCUT2D eigenvalue weighted by atomic mass is 16.6. The maximum atomic E-state index is 13.1. The number of esters is 1. The molecular formula is C30H45N5O3. The van der Waals surface area contributed by atoms with Crippen LogP contribution >= 0.6 is 0 Å². The molecule has 4 N–H and O–H groups in total. The minimum absolute atomic E-state index is 0.0566. The van der Waals surface area contributed by atoms with Gasteiger partial charge in [-0.05, 0) is 82.2 Å². The first-order chi connectivity index (χ1) is 18.0. The van der Waals surface area contributed by atoms with Gasteiger partial charge in [-0.2, -0.15) is 0 Å². The number of rotatable bonds is 10. The first kappa shape index (κ1) is 29.5. The zero-order valence-electron chi connectivity index (χ0n) is 23.9. The predicted molar refractivity (Wildman–Crippen MR) is 151 cm³/mol.